The normalized spacial score (nSPS) is 17.7. The van der Waals surface area contributed by atoms with Crippen LogP contribution in [-0.2, 0) is 16.0 Å². The predicted molar refractivity (Wildman–Crippen MR) is 85.2 cm³/mol. The number of aliphatic carboxylic acids is 1. The van der Waals surface area contributed by atoms with E-state index in [0.717, 1.165) is 39.0 Å². The fourth-order valence-corrected chi connectivity index (χ4v) is 2.54. The third-order valence-electron chi connectivity index (χ3n) is 3.68. The van der Waals surface area contributed by atoms with Crippen molar-refractivity contribution >= 4 is 18.4 Å². The average Bonchev–Trinajstić information content (AvgIpc) is 2.90. The van der Waals surface area contributed by atoms with Gasteiger partial charge in [0.15, 0.2) is 0 Å². The summed E-state index contributed by atoms with van der Waals surface area (Å²) in [5.41, 5.74) is 2.49. The third kappa shape index (κ3) is 6.46. The van der Waals surface area contributed by atoms with Gasteiger partial charge >= 0.3 is 5.97 Å². The lowest BCUT2D eigenvalue weighted by atomic mass is 10.1. The van der Waals surface area contributed by atoms with Crippen molar-refractivity contribution in [2.45, 2.75) is 32.3 Å². The van der Waals surface area contributed by atoms with E-state index in [4.69, 9.17) is 9.84 Å². The van der Waals surface area contributed by atoms with Crippen molar-refractivity contribution in [3.8, 4) is 0 Å². The second-order valence-electron chi connectivity index (χ2n) is 5.50. The summed E-state index contributed by atoms with van der Waals surface area (Å²) in [6.07, 6.45) is 3.21. The van der Waals surface area contributed by atoms with E-state index >= 15 is 0 Å². The molecule has 118 valence electrons. The van der Waals surface area contributed by atoms with E-state index in [9.17, 15) is 4.79 Å². The topological polar surface area (TPSA) is 49.8 Å². The van der Waals surface area contributed by atoms with Crippen LogP contribution in [0.15, 0.2) is 24.3 Å². The van der Waals surface area contributed by atoms with Crippen LogP contribution in [0.5, 0.6) is 0 Å². The Morgan fingerprint density at radius 2 is 2.10 bits per heavy atom. The molecule has 0 bridgehead atoms. The van der Waals surface area contributed by atoms with Crippen LogP contribution in [0.25, 0.3) is 0 Å². The van der Waals surface area contributed by atoms with Crippen LogP contribution in [0.3, 0.4) is 0 Å². The quantitative estimate of drug-likeness (QED) is 0.840. The van der Waals surface area contributed by atoms with E-state index in [2.05, 4.69) is 31.2 Å². The third-order valence-corrected chi connectivity index (χ3v) is 3.68. The summed E-state index contributed by atoms with van der Waals surface area (Å²) in [7, 11) is 0. The smallest absolute Gasteiger partial charge is 0.317 e. The first kappa shape index (κ1) is 18.0. The number of hydrogen-bond donors (Lipinski definition) is 1. The Morgan fingerprint density at radius 3 is 2.67 bits per heavy atom. The molecule has 1 fully saturated rings. The Kier molecular flexibility index (Phi) is 7.72. The number of rotatable bonds is 7. The van der Waals surface area contributed by atoms with Crippen LogP contribution < -0.4 is 0 Å². The van der Waals surface area contributed by atoms with Gasteiger partial charge in [0.1, 0.15) is 0 Å². The fraction of sp³-hybridized carbons (Fsp3) is 0.562. The van der Waals surface area contributed by atoms with Gasteiger partial charge in [-0.1, -0.05) is 29.8 Å². The molecule has 0 aliphatic carbocycles. The molecule has 1 aliphatic heterocycles. The van der Waals surface area contributed by atoms with Gasteiger partial charge in [0.2, 0.25) is 0 Å². The molecule has 2 rings (SSSR count). The Labute approximate surface area is 132 Å². The average molecular weight is 314 g/mol. The molecule has 0 amide bonds. The van der Waals surface area contributed by atoms with Gasteiger partial charge < -0.3 is 9.84 Å². The highest BCUT2D eigenvalue weighted by molar-refractivity contribution is 5.85. The van der Waals surface area contributed by atoms with Crippen molar-refractivity contribution in [3.05, 3.63) is 35.4 Å². The van der Waals surface area contributed by atoms with E-state index in [1.54, 1.807) is 0 Å². The zero-order valence-electron chi connectivity index (χ0n) is 12.5. The van der Waals surface area contributed by atoms with Gasteiger partial charge in [-0.25, -0.2) is 0 Å². The van der Waals surface area contributed by atoms with Crippen LogP contribution in [-0.4, -0.2) is 48.3 Å². The maximum absolute atomic E-state index is 11.0. The molecule has 21 heavy (non-hydrogen) atoms. The molecule has 1 atom stereocenters. The standard InChI is InChI=1S/C16H23NO3.ClH/c1-13-4-6-14(7-5-13)8-9-17(12-16(18)19)11-15-3-2-10-20-15;/h4-7,15H,2-3,8-12H2,1H3,(H,18,19);1H. The Balaban J connectivity index is 0.00000220. The van der Waals surface area contributed by atoms with Gasteiger partial charge in [-0.2, -0.15) is 0 Å². The van der Waals surface area contributed by atoms with Crippen molar-refractivity contribution in [2.24, 2.45) is 0 Å². The molecule has 1 N–H and O–H groups in total. The number of aryl methyl sites for hydroxylation is 1. The molecule has 1 heterocycles. The van der Waals surface area contributed by atoms with Gasteiger partial charge in [0, 0.05) is 19.7 Å². The zero-order valence-corrected chi connectivity index (χ0v) is 13.3. The van der Waals surface area contributed by atoms with Crippen LogP contribution >= 0.6 is 12.4 Å². The molecule has 1 aromatic rings. The van der Waals surface area contributed by atoms with Gasteiger partial charge in [0.05, 0.1) is 12.6 Å². The molecule has 4 nitrogen and oxygen atoms in total. The number of nitrogens with zero attached hydrogens (tertiary/aromatic N) is 1. The summed E-state index contributed by atoms with van der Waals surface area (Å²) < 4.78 is 5.60. The summed E-state index contributed by atoms with van der Waals surface area (Å²) in [4.78, 5) is 12.9. The van der Waals surface area contributed by atoms with E-state index in [1.807, 2.05) is 4.90 Å². The first-order valence-corrected chi connectivity index (χ1v) is 7.25. The number of carboxylic acids is 1. The molecular weight excluding hydrogens is 290 g/mol. The first-order valence-electron chi connectivity index (χ1n) is 7.25. The Morgan fingerprint density at radius 1 is 1.38 bits per heavy atom. The molecule has 0 radical (unpaired) electrons. The Bertz CT molecular complexity index is 430. The maximum atomic E-state index is 11.0. The molecule has 1 unspecified atom stereocenters. The summed E-state index contributed by atoms with van der Waals surface area (Å²) >= 11 is 0. The summed E-state index contributed by atoms with van der Waals surface area (Å²) in [5, 5.41) is 9.01. The molecule has 0 aromatic heterocycles. The maximum Gasteiger partial charge on any atom is 0.317 e. The van der Waals surface area contributed by atoms with Crippen LogP contribution in [0, 0.1) is 6.92 Å². The second-order valence-corrected chi connectivity index (χ2v) is 5.50. The lowest BCUT2D eigenvalue weighted by Gasteiger charge is -2.23. The molecule has 0 spiro atoms. The zero-order chi connectivity index (χ0) is 14.4. The van der Waals surface area contributed by atoms with Gasteiger partial charge in [-0.3, -0.25) is 9.69 Å². The summed E-state index contributed by atoms with van der Waals surface area (Å²) in [5.74, 6) is -0.771. The molecule has 1 aromatic carbocycles. The summed E-state index contributed by atoms with van der Waals surface area (Å²) in [6, 6.07) is 8.41. The van der Waals surface area contributed by atoms with Crippen molar-refractivity contribution in [1.29, 1.82) is 0 Å². The van der Waals surface area contributed by atoms with E-state index < -0.39 is 5.97 Å². The molecule has 1 saturated heterocycles. The highest BCUT2D eigenvalue weighted by Crippen LogP contribution is 2.14. The first-order chi connectivity index (χ1) is 9.63. The minimum Gasteiger partial charge on any atom is -0.480 e. The summed E-state index contributed by atoms with van der Waals surface area (Å²) in [6.45, 7) is 4.45. The van der Waals surface area contributed by atoms with Crippen molar-refractivity contribution < 1.29 is 14.6 Å². The predicted octanol–water partition coefficient (Wildman–Crippen LogP) is 2.52. The largest absolute Gasteiger partial charge is 0.480 e. The lowest BCUT2D eigenvalue weighted by Crippen LogP contribution is -2.37. The van der Waals surface area contributed by atoms with Crippen LogP contribution in [0.1, 0.15) is 24.0 Å². The minimum absolute atomic E-state index is 0. The van der Waals surface area contributed by atoms with Crippen LogP contribution in [0.4, 0.5) is 0 Å². The van der Waals surface area contributed by atoms with E-state index in [1.165, 1.54) is 11.1 Å². The molecule has 1 aliphatic rings. The van der Waals surface area contributed by atoms with Gasteiger partial charge in [-0.05, 0) is 31.7 Å². The number of benzene rings is 1. The monoisotopic (exact) mass is 313 g/mol. The van der Waals surface area contributed by atoms with E-state index in [0.29, 0.717) is 0 Å². The van der Waals surface area contributed by atoms with Gasteiger partial charge in [-0.15, -0.1) is 12.4 Å². The Hall–Kier alpha value is -1.10. The molecule has 5 heteroatoms. The highest BCUT2D eigenvalue weighted by Gasteiger charge is 2.20. The lowest BCUT2D eigenvalue weighted by molar-refractivity contribution is -0.138. The number of ether oxygens (including phenoxy) is 1. The van der Waals surface area contributed by atoms with Crippen molar-refractivity contribution in [1.82, 2.24) is 4.90 Å². The van der Waals surface area contributed by atoms with Crippen molar-refractivity contribution in [2.75, 3.05) is 26.2 Å². The molecule has 0 saturated carbocycles. The number of halogens is 1. The number of hydrogen-bond acceptors (Lipinski definition) is 3. The second kappa shape index (κ2) is 9.03. The van der Waals surface area contributed by atoms with Crippen molar-refractivity contribution in [3.63, 3.8) is 0 Å². The number of carboxylic acid groups (broad SMARTS) is 1. The fourth-order valence-electron chi connectivity index (χ4n) is 2.54. The van der Waals surface area contributed by atoms with Crippen LogP contribution in [0.2, 0.25) is 0 Å². The highest BCUT2D eigenvalue weighted by atomic mass is 35.5. The number of carbonyl (C=O) groups is 1. The van der Waals surface area contributed by atoms with Gasteiger partial charge in [0.25, 0.3) is 0 Å². The molecular formula is C16H24ClNO3. The van der Waals surface area contributed by atoms with E-state index in [-0.39, 0.29) is 25.1 Å². The SMILES string of the molecule is Cc1ccc(CCN(CC(=O)O)CC2CCCO2)cc1.Cl. The minimum atomic E-state index is -0.771.